The van der Waals surface area contributed by atoms with Crippen molar-refractivity contribution in [3.05, 3.63) is 26.5 Å². The van der Waals surface area contributed by atoms with E-state index < -0.39 is 16.4 Å². The van der Waals surface area contributed by atoms with Crippen LogP contribution in [0.15, 0.2) is 10.5 Å². The van der Waals surface area contributed by atoms with Gasteiger partial charge in [-0.1, -0.05) is 0 Å². The molecule has 0 unspecified atom stereocenters. The van der Waals surface area contributed by atoms with Crippen LogP contribution in [-0.2, 0) is 0 Å². The Morgan fingerprint density at radius 1 is 1.71 bits per heavy atom. The summed E-state index contributed by atoms with van der Waals surface area (Å²) >= 11 is 2.84. The second kappa shape index (κ2) is 3.79. The molecule has 0 bridgehead atoms. The number of nitrogen functional groups attached to an aromatic ring is 1. The van der Waals surface area contributed by atoms with Gasteiger partial charge in [0.2, 0.25) is 5.82 Å². The third-order valence-corrected chi connectivity index (χ3v) is 2.17. The van der Waals surface area contributed by atoms with Crippen LogP contribution in [0.1, 0.15) is 0 Å². The third-order valence-electron chi connectivity index (χ3n) is 1.56. The number of nitrogens with two attached hydrogens (primary N) is 1. The first-order valence-electron chi connectivity index (χ1n) is 3.45. The Morgan fingerprint density at radius 2 is 2.29 bits per heavy atom. The normalized spacial score (nSPS) is 9.93. The van der Waals surface area contributed by atoms with Gasteiger partial charge >= 0.3 is 5.69 Å². The number of hydrogen-bond donors (Lipinski definition) is 1. The topological polar surface area (TPSA) is 78.4 Å². The molecule has 76 valence electrons. The van der Waals surface area contributed by atoms with E-state index in [0.717, 1.165) is 0 Å². The average Bonchev–Trinajstić information content (AvgIpc) is 2.02. The number of benzene rings is 1. The molecule has 5 nitrogen and oxygen atoms in total. The monoisotopic (exact) mass is 264 g/mol. The van der Waals surface area contributed by atoms with Crippen molar-refractivity contribution < 1.29 is 14.1 Å². The van der Waals surface area contributed by atoms with E-state index in [4.69, 9.17) is 5.73 Å². The van der Waals surface area contributed by atoms with E-state index in [9.17, 15) is 14.5 Å². The zero-order valence-electron chi connectivity index (χ0n) is 7.08. The molecule has 1 aromatic rings. The van der Waals surface area contributed by atoms with Gasteiger partial charge in [0, 0.05) is 0 Å². The Hall–Kier alpha value is -1.37. The summed E-state index contributed by atoms with van der Waals surface area (Å²) in [6, 6.07) is 1.22. The molecule has 1 rings (SSSR count). The Morgan fingerprint density at radius 3 is 2.71 bits per heavy atom. The van der Waals surface area contributed by atoms with E-state index in [1.165, 1.54) is 13.2 Å². The molecule has 0 aliphatic rings. The molecule has 1 aromatic carbocycles. The predicted octanol–water partition coefficient (Wildman–Crippen LogP) is 2.09. The van der Waals surface area contributed by atoms with Crippen molar-refractivity contribution in [2.75, 3.05) is 12.8 Å². The Bertz CT molecular complexity index is 397. The van der Waals surface area contributed by atoms with Gasteiger partial charge in [-0.3, -0.25) is 10.1 Å². The van der Waals surface area contributed by atoms with Crippen LogP contribution < -0.4 is 10.5 Å². The number of ether oxygens (including phenoxy) is 1. The molecule has 2 N–H and O–H groups in total. The first kappa shape index (κ1) is 10.7. The predicted molar refractivity (Wildman–Crippen MR) is 51.7 cm³/mol. The highest BCUT2D eigenvalue weighted by Gasteiger charge is 2.25. The fourth-order valence-electron chi connectivity index (χ4n) is 0.984. The van der Waals surface area contributed by atoms with Gasteiger partial charge in [-0.15, -0.1) is 0 Å². The van der Waals surface area contributed by atoms with E-state index in [1.54, 1.807) is 0 Å². The van der Waals surface area contributed by atoms with Crippen molar-refractivity contribution in [1.82, 2.24) is 0 Å². The van der Waals surface area contributed by atoms with E-state index >= 15 is 0 Å². The first-order chi connectivity index (χ1) is 6.49. The molecule has 0 aliphatic carbocycles. The Labute approximate surface area is 86.9 Å². The Balaban J connectivity index is 3.52. The fraction of sp³-hybridized carbons (Fsp3) is 0.143. The fourth-order valence-corrected chi connectivity index (χ4v) is 1.55. The van der Waals surface area contributed by atoms with E-state index in [0.29, 0.717) is 0 Å². The SMILES string of the molecule is COc1c(N)cc(Br)c([N+](=O)[O-])c1F. The highest BCUT2D eigenvalue weighted by atomic mass is 79.9. The van der Waals surface area contributed by atoms with Crippen LogP contribution in [0.25, 0.3) is 0 Å². The van der Waals surface area contributed by atoms with Crippen molar-refractivity contribution in [1.29, 1.82) is 0 Å². The highest BCUT2D eigenvalue weighted by molar-refractivity contribution is 9.10. The number of rotatable bonds is 2. The first-order valence-corrected chi connectivity index (χ1v) is 4.24. The van der Waals surface area contributed by atoms with Crippen LogP contribution in [0.5, 0.6) is 5.75 Å². The van der Waals surface area contributed by atoms with Gasteiger partial charge in [-0.2, -0.15) is 4.39 Å². The second-order valence-electron chi connectivity index (χ2n) is 2.40. The summed E-state index contributed by atoms with van der Waals surface area (Å²) in [4.78, 5) is 9.62. The molecular formula is C7H6BrFN2O3. The number of nitro groups is 1. The lowest BCUT2D eigenvalue weighted by Crippen LogP contribution is -2.01. The molecule has 0 saturated carbocycles. The zero-order valence-corrected chi connectivity index (χ0v) is 8.67. The molecule has 0 atom stereocenters. The van der Waals surface area contributed by atoms with Crippen LogP contribution >= 0.6 is 15.9 Å². The average molecular weight is 265 g/mol. The third kappa shape index (κ3) is 1.63. The minimum Gasteiger partial charge on any atom is -0.491 e. The molecule has 0 spiro atoms. The molecule has 0 radical (unpaired) electrons. The summed E-state index contributed by atoms with van der Waals surface area (Å²) in [5.41, 5.74) is 4.70. The van der Waals surface area contributed by atoms with Gasteiger partial charge in [0.05, 0.1) is 17.7 Å². The van der Waals surface area contributed by atoms with Gasteiger partial charge in [-0.25, -0.2) is 0 Å². The van der Waals surface area contributed by atoms with Crippen LogP contribution in [0.4, 0.5) is 15.8 Å². The highest BCUT2D eigenvalue weighted by Crippen LogP contribution is 2.38. The van der Waals surface area contributed by atoms with E-state index in [-0.39, 0.29) is 15.9 Å². The maximum atomic E-state index is 13.4. The minimum absolute atomic E-state index is 0.00229. The van der Waals surface area contributed by atoms with Gasteiger partial charge in [-0.05, 0) is 22.0 Å². The number of nitro benzene ring substituents is 1. The molecule has 0 amide bonds. The van der Waals surface area contributed by atoms with Crippen molar-refractivity contribution in [2.45, 2.75) is 0 Å². The molecule has 0 fully saturated rings. The molecule has 0 heterocycles. The standard InChI is InChI=1S/C7H6BrFN2O3/c1-14-7-4(10)2-3(8)6(5(7)9)11(12)13/h2H,10H2,1H3. The van der Waals surface area contributed by atoms with Gasteiger partial charge < -0.3 is 10.5 Å². The van der Waals surface area contributed by atoms with Crippen molar-refractivity contribution in [3.63, 3.8) is 0 Å². The molecular weight excluding hydrogens is 259 g/mol. The summed E-state index contributed by atoms with van der Waals surface area (Å²) in [5, 5.41) is 10.5. The number of halogens is 2. The molecule has 0 aliphatic heterocycles. The minimum atomic E-state index is -1.08. The molecule has 0 saturated heterocycles. The van der Waals surface area contributed by atoms with Gasteiger partial charge in [0.1, 0.15) is 4.47 Å². The summed E-state index contributed by atoms with van der Waals surface area (Å²) in [5.74, 6) is -1.40. The lowest BCUT2D eigenvalue weighted by atomic mass is 10.2. The van der Waals surface area contributed by atoms with Crippen molar-refractivity contribution in [3.8, 4) is 5.75 Å². The lowest BCUT2D eigenvalue weighted by molar-refractivity contribution is -0.388. The molecule has 0 aromatic heterocycles. The molecule has 14 heavy (non-hydrogen) atoms. The van der Waals surface area contributed by atoms with Gasteiger partial charge in [0.15, 0.2) is 5.75 Å². The maximum absolute atomic E-state index is 13.4. The number of hydrogen-bond acceptors (Lipinski definition) is 4. The number of methoxy groups -OCH3 is 1. The Kier molecular flexibility index (Phi) is 2.90. The maximum Gasteiger partial charge on any atom is 0.322 e. The van der Waals surface area contributed by atoms with Crippen LogP contribution in [0.2, 0.25) is 0 Å². The quantitative estimate of drug-likeness (QED) is 0.504. The largest absolute Gasteiger partial charge is 0.491 e. The second-order valence-corrected chi connectivity index (χ2v) is 3.25. The number of anilines is 1. The van der Waals surface area contributed by atoms with E-state index in [2.05, 4.69) is 20.7 Å². The molecule has 7 heteroatoms. The summed E-state index contributed by atoms with van der Waals surface area (Å²) in [7, 11) is 1.19. The zero-order chi connectivity index (χ0) is 10.9. The number of nitrogens with zero attached hydrogens (tertiary/aromatic N) is 1. The van der Waals surface area contributed by atoms with Crippen LogP contribution in [-0.4, -0.2) is 12.0 Å². The summed E-state index contributed by atoms with van der Waals surface area (Å²) < 4.78 is 17.9. The van der Waals surface area contributed by atoms with Crippen LogP contribution in [0, 0.1) is 15.9 Å². The summed E-state index contributed by atoms with van der Waals surface area (Å²) in [6.45, 7) is 0. The van der Waals surface area contributed by atoms with E-state index in [1.807, 2.05) is 0 Å². The summed E-state index contributed by atoms with van der Waals surface area (Å²) in [6.07, 6.45) is 0. The lowest BCUT2D eigenvalue weighted by Gasteiger charge is -2.06. The smallest absolute Gasteiger partial charge is 0.322 e. The van der Waals surface area contributed by atoms with Gasteiger partial charge in [0.25, 0.3) is 0 Å². The van der Waals surface area contributed by atoms with Crippen molar-refractivity contribution >= 4 is 27.3 Å². The van der Waals surface area contributed by atoms with Crippen molar-refractivity contribution in [2.24, 2.45) is 0 Å². The van der Waals surface area contributed by atoms with Crippen LogP contribution in [0.3, 0.4) is 0 Å².